The highest BCUT2D eigenvalue weighted by Crippen LogP contribution is 2.36. The third kappa shape index (κ3) is 3.43. The molecule has 1 heterocycles. The SMILES string of the molecule is Nc1[nH]c(=O)c(C(=O)O)c(-c2cccc(OC(F)(F)F)c2F)c1C(=O)O. The van der Waals surface area contributed by atoms with Crippen LogP contribution in [-0.4, -0.2) is 33.5 Å². The highest BCUT2D eigenvalue weighted by atomic mass is 19.4. The van der Waals surface area contributed by atoms with Crippen LogP contribution in [0.25, 0.3) is 11.1 Å². The Bertz CT molecular complexity index is 967. The van der Waals surface area contributed by atoms with E-state index in [2.05, 4.69) is 4.74 Å². The largest absolute Gasteiger partial charge is 0.573 e. The summed E-state index contributed by atoms with van der Waals surface area (Å²) in [6.45, 7) is 0. The summed E-state index contributed by atoms with van der Waals surface area (Å²) >= 11 is 0. The molecule has 0 saturated heterocycles. The van der Waals surface area contributed by atoms with E-state index in [1.807, 2.05) is 0 Å². The van der Waals surface area contributed by atoms with Crippen LogP contribution in [0.2, 0.25) is 0 Å². The number of aromatic carboxylic acids is 2. The van der Waals surface area contributed by atoms with Crippen LogP contribution >= 0.6 is 0 Å². The summed E-state index contributed by atoms with van der Waals surface area (Å²) in [7, 11) is 0. The molecule has 12 heteroatoms. The maximum atomic E-state index is 14.5. The number of pyridine rings is 1. The van der Waals surface area contributed by atoms with Gasteiger partial charge in [-0.25, -0.2) is 14.0 Å². The third-order valence-electron chi connectivity index (χ3n) is 3.13. The first-order chi connectivity index (χ1) is 11.9. The Hall–Kier alpha value is -3.57. The molecule has 0 unspecified atom stereocenters. The van der Waals surface area contributed by atoms with Crippen molar-refractivity contribution in [2.24, 2.45) is 0 Å². The van der Waals surface area contributed by atoms with Crippen molar-refractivity contribution in [1.29, 1.82) is 0 Å². The maximum Gasteiger partial charge on any atom is 0.573 e. The molecule has 1 aromatic heterocycles. The van der Waals surface area contributed by atoms with Gasteiger partial charge in [0, 0.05) is 11.1 Å². The second-order valence-electron chi connectivity index (χ2n) is 4.77. The summed E-state index contributed by atoms with van der Waals surface area (Å²) in [6, 6.07) is 2.23. The molecule has 5 N–H and O–H groups in total. The predicted octanol–water partition coefficient (Wildman–Crippen LogP) is 2.06. The number of H-pyrrole nitrogens is 1. The number of hydrogen-bond donors (Lipinski definition) is 4. The Morgan fingerprint density at radius 3 is 2.19 bits per heavy atom. The molecule has 138 valence electrons. The number of rotatable bonds is 4. The number of nitrogens with two attached hydrogens (primary N) is 1. The molecule has 0 fully saturated rings. The number of hydrogen-bond acceptors (Lipinski definition) is 5. The van der Waals surface area contributed by atoms with E-state index in [0.29, 0.717) is 6.07 Å². The molecule has 8 nitrogen and oxygen atoms in total. The van der Waals surface area contributed by atoms with Crippen LogP contribution in [0.3, 0.4) is 0 Å². The number of alkyl halides is 3. The fraction of sp³-hybridized carbons (Fsp3) is 0.0714. The van der Waals surface area contributed by atoms with E-state index in [1.165, 1.54) is 0 Å². The van der Waals surface area contributed by atoms with Crippen LogP contribution in [-0.2, 0) is 0 Å². The van der Waals surface area contributed by atoms with Gasteiger partial charge < -0.3 is 25.7 Å². The second-order valence-corrected chi connectivity index (χ2v) is 4.77. The van der Waals surface area contributed by atoms with Gasteiger partial charge in [-0.2, -0.15) is 0 Å². The number of ether oxygens (including phenoxy) is 1. The summed E-state index contributed by atoms with van der Waals surface area (Å²) in [5, 5.41) is 18.4. The number of nitrogen functional groups attached to an aromatic ring is 1. The van der Waals surface area contributed by atoms with Gasteiger partial charge in [-0.15, -0.1) is 13.2 Å². The molecule has 2 aromatic rings. The Kier molecular flexibility index (Phi) is 4.61. The zero-order valence-corrected chi connectivity index (χ0v) is 12.3. The molecular weight excluding hydrogens is 368 g/mol. The monoisotopic (exact) mass is 376 g/mol. The van der Waals surface area contributed by atoms with Crippen LogP contribution in [0.15, 0.2) is 23.0 Å². The minimum atomic E-state index is -5.27. The first kappa shape index (κ1) is 18.8. The van der Waals surface area contributed by atoms with Gasteiger partial charge in [-0.1, -0.05) is 12.1 Å². The molecule has 0 atom stereocenters. The Labute approximate surface area is 140 Å². The minimum absolute atomic E-state index is 0.587. The molecule has 1 aromatic carbocycles. The van der Waals surface area contributed by atoms with Gasteiger partial charge in [0.25, 0.3) is 5.56 Å². The number of carbonyl (C=O) groups is 2. The summed E-state index contributed by atoms with van der Waals surface area (Å²) in [5.41, 5.74) is -0.119. The van der Waals surface area contributed by atoms with Crippen LogP contribution in [0.1, 0.15) is 20.7 Å². The van der Waals surface area contributed by atoms with E-state index in [-0.39, 0.29) is 0 Å². The number of aromatic amines is 1. The molecule has 0 aliphatic heterocycles. The average molecular weight is 376 g/mol. The van der Waals surface area contributed by atoms with Crippen molar-refractivity contribution in [1.82, 2.24) is 4.98 Å². The summed E-state index contributed by atoms with van der Waals surface area (Å²) in [6.07, 6.45) is -5.27. The summed E-state index contributed by atoms with van der Waals surface area (Å²) < 4.78 is 55.0. The molecule has 0 aliphatic rings. The van der Waals surface area contributed by atoms with Crippen molar-refractivity contribution in [3.8, 4) is 16.9 Å². The summed E-state index contributed by atoms with van der Waals surface area (Å²) in [4.78, 5) is 36.3. The Balaban J connectivity index is 2.92. The molecule has 0 bridgehead atoms. The smallest absolute Gasteiger partial charge is 0.478 e. The van der Waals surface area contributed by atoms with Gasteiger partial charge in [0.2, 0.25) is 0 Å². The molecular formula is C14H8F4N2O6. The van der Waals surface area contributed by atoms with Crippen molar-refractivity contribution in [3.63, 3.8) is 0 Å². The van der Waals surface area contributed by atoms with E-state index >= 15 is 0 Å². The van der Waals surface area contributed by atoms with E-state index in [0.717, 1.165) is 12.1 Å². The highest BCUT2D eigenvalue weighted by molar-refractivity contribution is 6.07. The number of aromatic nitrogens is 1. The standard InChI is InChI=1S/C14H8F4N2O6/c15-9-4(2-1-3-5(9)26-14(16,17)18)6-7(12(22)23)10(19)20-11(21)8(6)13(24)25/h1-3H,(H,22,23)(H,24,25)(H3,19,20,21). The average Bonchev–Trinajstić information content (AvgIpc) is 2.46. The fourth-order valence-corrected chi connectivity index (χ4v) is 2.22. The molecule has 26 heavy (non-hydrogen) atoms. The minimum Gasteiger partial charge on any atom is -0.478 e. The van der Waals surface area contributed by atoms with Crippen LogP contribution < -0.4 is 16.0 Å². The third-order valence-corrected chi connectivity index (χ3v) is 3.13. The quantitative estimate of drug-likeness (QED) is 0.598. The lowest BCUT2D eigenvalue weighted by molar-refractivity contribution is -0.275. The fourth-order valence-electron chi connectivity index (χ4n) is 2.22. The first-order valence-corrected chi connectivity index (χ1v) is 6.51. The lowest BCUT2D eigenvalue weighted by Crippen LogP contribution is -2.24. The van der Waals surface area contributed by atoms with Crippen molar-refractivity contribution < 1.29 is 42.1 Å². The zero-order valence-electron chi connectivity index (χ0n) is 12.3. The zero-order chi connectivity index (χ0) is 19.8. The summed E-state index contributed by atoms with van der Waals surface area (Å²) in [5.74, 6) is -7.64. The van der Waals surface area contributed by atoms with E-state index < -0.39 is 63.5 Å². The molecule has 0 aliphatic carbocycles. The van der Waals surface area contributed by atoms with E-state index in [1.54, 1.807) is 4.98 Å². The van der Waals surface area contributed by atoms with Gasteiger partial charge in [0.15, 0.2) is 11.6 Å². The number of carboxylic acid groups (broad SMARTS) is 2. The predicted molar refractivity (Wildman–Crippen MR) is 77.5 cm³/mol. The van der Waals surface area contributed by atoms with Gasteiger partial charge in [-0.3, -0.25) is 4.79 Å². The van der Waals surface area contributed by atoms with Gasteiger partial charge in [0.1, 0.15) is 16.9 Å². The highest BCUT2D eigenvalue weighted by Gasteiger charge is 2.34. The van der Waals surface area contributed by atoms with Gasteiger partial charge in [-0.05, 0) is 6.07 Å². The molecule has 0 amide bonds. The molecule has 0 spiro atoms. The lowest BCUT2D eigenvalue weighted by atomic mass is 9.95. The van der Waals surface area contributed by atoms with Crippen LogP contribution in [0, 0.1) is 5.82 Å². The molecule has 2 rings (SSSR count). The second kappa shape index (κ2) is 6.38. The first-order valence-electron chi connectivity index (χ1n) is 6.51. The number of halogens is 4. The van der Waals surface area contributed by atoms with E-state index in [4.69, 9.17) is 10.8 Å². The maximum absolute atomic E-state index is 14.5. The van der Waals surface area contributed by atoms with E-state index in [9.17, 15) is 37.1 Å². The van der Waals surface area contributed by atoms with Gasteiger partial charge in [0.05, 0.1) is 0 Å². The molecule has 0 radical (unpaired) electrons. The van der Waals surface area contributed by atoms with Gasteiger partial charge >= 0.3 is 18.3 Å². The Morgan fingerprint density at radius 1 is 1.12 bits per heavy atom. The van der Waals surface area contributed by atoms with Crippen molar-refractivity contribution in [2.75, 3.05) is 5.73 Å². The lowest BCUT2D eigenvalue weighted by Gasteiger charge is -2.15. The Morgan fingerprint density at radius 2 is 1.69 bits per heavy atom. The number of nitrogens with one attached hydrogen (secondary N) is 1. The van der Waals surface area contributed by atoms with Crippen molar-refractivity contribution >= 4 is 17.8 Å². The normalized spacial score (nSPS) is 11.2. The van der Waals surface area contributed by atoms with Crippen molar-refractivity contribution in [3.05, 3.63) is 45.5 Å². The topological polar surface area (TPSA) is 143 Å². The number of anilines is 1. The molecule has 0 saturated carbocycles. The number of benzene rings is 1. The van der Waals surface area contributed by atoms with Crippen molar-refractivity contribution in [2.45, 2.75) is 6.36 Å². The van der Waals surface area contributed by atoms with Crippen LogP contribution in [0.5, 0.6) is 5.75 Å². The van der Waals surface area contributed by atoms with Crippen LogP contribution in [0.4, 0.5) is 23.4 Å². The number of carboxylic acids is 2.